The first-order chi connectivity index (χ1) is 7.58. The maximum atomic E-state index is 10.2. The summed E-state index contributed by atoms with van der Waals surface area (Å²) in [6.07, 6.45) is 1.86. The lowest BCUT2D eigenvalue weighted by Gasteiger charge is -2.37. The maximum absolute atomic E-state index is 10.2. The van der Waals surface area contributed by atoms with Crippen LogP contribution >= 0.6 is 0 Å². The number of hydrogen-bond donors (Lipinski definition) is 3. The second-order valence-corrected chi connectivity index (χ2v) is 4.89. The zero-order chi connectivity index (χ0) is 11.6. The van der Waals surface area contributed by atoms with Crippen LogP contribution in [0.2, 0.25) is 0 Å². The normalized spacial score (nSPS) is 30.2. The Morgan fingerprint density at radius 3 is 2.69 bits per heavy atom. The van der Waals surface area contributed by atoms with Crippen molar-refractivity contribution in [2.75, 3.05) is 13.1 Å². The molecule has 2 rings (SSSR count). The molecule has 1 aromatic rings. The molecular weight excluding hydrogens is 202 g/mol. The van der Waals surface area contributed by atoms with Gasteiger partial charge < -0.3 is 15.5 Å². The monoisotopic (exact) mass is 221 g/mol. The smallest absolute Gasteiger partial charge is 0.115 e. The number of β-amino-alcohol motifs (C(OH)–C–C–N with tert-alkyl or cyclic N) is 1. The van der Waals surface area contributed by atoms with Crippen LogP contribution in [-0.4, -0.2) is 28.9 Å². The largest absolute Gasteiger partial charge is 0.508 e. The van der Waals surface area contributed by atoms with E-state index in [1.807, 2.05) is 19.1 Å². The van der Waals surface area contributed by atoms with Gasteiger partial charge in [0.05, 0.1) is 5.60 Å². The van der Waals surface area contributed by atoms with Gasteiger partial charge in [0.2, 0.25) is 0 Å². The Bertz CT molecular complexity index is 345. The molecule has 1 aliphatic heterocycles. The number of nitrogens with one attached hydrogen (secondary N) is 1. The highest BCUT2D eigenvalue weighted by atomic mass is 16.3. The van der Waals surface area contributed by atoms with E-state index in [0.717, 1.165) is 19.4 Å². The second-order valence-electron chi connectivity index (χ2n) is 4.89. The quantitative estimate of drug-likeness (QED) is 0.705. The summed E-state index contributed by atoms with van der Waals surface area (Å²) in [4.78, 5) is 0. The summed E-state index contributed by atoms with van der Waals surface area (Å²) >= 11 is 0. The summed E-state index contributed by atoms with van der Waals surface area (Å²) in [6, 6.07) is 7.25. The summed E-state index contributed by atoms with van der Waals surface area (Å²) in [5.74, 6) is 0.583. The Morgan fingerprint density at radius 2 is 2.06 bits per heavy atom. The lowest BCUT2D eigenvalue weighted by atomic mass is 9.79. The van der Waals surface area contributed by atoms with Crippen molar-refractivity contribution in [1.29, 1.82) is 0 Å². The first-order valence-electron chi connectivity index (χ1n) is 5.79. The first kappa shape index (κ1) is 11.4. The molecule has 0 saturated carbocycles. The highest BCUT2D eigenvalue weighted by Gasteiger charge is 2.34. The van der Waals surface area contributed by atoms with E-state index < -0.39 is 5.60 Å². The predicted molar refractivity (Wildman–Crippen MR) is 63.4 cm³/mol. The zero-order valence-electron chi connectivity index (χ0n) is 9.61. The number of aliphatic hydroxyl groups is 1. The van der Waals surface area contributed by atoms with Gasteiger partial charge in [0.25, 0.3) is 0 Å². The molecule has 1 saturated heterocycles. The highest BCUT2D eigenvalue weighted by Crippen LogP contribution is 2.27. The minimum atomic E-state index is -0.629. The minimum absolute atomic E-state index is 0.290. The van der Waals surface area contributed by atoms with Crippen LogP contribution in [0.4, 0.5) is 0 Å². The number of piperidine rings is 1. The Hall–Kier alpha value is -1.06. The third kappa shape index (κ3) is 2.54. The van der Waals surface area contributed by atoms with Crippen molar-refractivity contribution in [2.24, 2.45) is 5.92 Å². The SMILES string of the molecule is CC1(O)CNCCC1Cc1ccc(O)cc1. The topological polar surface area (TPSA) is 52.5 Å². The van der Waals surface area contributed by atoms with Crippen LogP contribution in [0, 0.1) is 5.92 Å². The third-order valence-electron chi connectivity index (χ3n) is 3.45. The number of phenolic OH excluding ortho intramolecular Hbond substituents is 1. The molecular formula is C13H19NO2. The van der Waals surface area contributed by atoms with E-state index in [0.29, 0.717) is 18.2 Å². The van der Waals surface area contributed by atoms with Crippen LogP contribution in [-0.2, 0) is 6.42 Å². The van der Waals surface area contributed by atoms with Crippen molar-refractivity contribution in [3.63, 3.8) is 0 Å². The minimum Gasteiger partial charge on any atom is -0.508 e. The van der Waals surface area contributed by atoms with Gasteiger partial charge in [0.15, 0.2) is 0 Å². The lowest BCUT2D eigenvalue weighted by Crippen LogP contribution is -2.50. The molecule has 0 aliphatic carbocycles. The van der Waals surface area contributed by atoms with Gasteiger partial charge in [-0.25, -0.2) is 0 Å². The molecule has 2 unspecified atom stereocenters. The summed E-state index contributed by atoms with van der Waals surface area (Å²) in [5.41, 5.74) is 0.542. The molecule has 1 fully saturated rings. The van der Waals surface area contributed by atoms with Gasteiger partial charge in [-0.15, -0.1) is 0 Å². The maximum Gasteiger partial charge on any atom is 0.115 e. The van der Waals surface area contributed by atoms with Crippen molar-refractivity contribution in [3.8, 4) is 5.75 Å². The van der Waals surface area contributed by atoms with Crippen molar-refractivity contribution >= 4 is 0 Å². The molecule has 1 aliphatic rings. The average Bonchev–Trinajstić information content (AvgIpc) is 2.24. The van der Waals surface area contributed by atoms with E-state index in [-0.39, 0.29) is 0 Å². The number of phenols is 1. The summed E-state index contributed by atoms with van der Waals surface area (Å²) in [6.45, 7) is 3.53. The molecule has 0 bridgehead atoms. The molecule has 1 heterocycles. The van der Waals surface area contributed by atoms with Crippen LogP contribution in [0.25, 0.3) is 0 Å². The molecule has 2 atom stereocenters. The van der Waals surface area contributed by atoms with Gasteiger partial charge in [-0.05, 0) is 49.9 Å². The van der Waals surface area contributed by atoms with Crippen LogP contribution in [0.3, 0.4) is 0 Å². The second kappa shape index (κ2) is 4.44. The van der Waals surface area contributed by atoms with E-state index in [4.69, 9.17) is 0 Å². The third-order valence-corrected chi connectivity index (χ3v) is 3.45. The average molecular weight is 221 g/mol. The predicted octanol–water partition coefficient (Wildman–Crippen LogP) is 1.30. The molecule has 1 aromatic carbocycles. The Labute approximate surface area is 96.1 Å². The van der Waals surface area contributed by atoms with Gasteiger partial charge >= 0.3 is 0 Å². The molecule has 0 spiro atoms. The zero-order valence-corrected chi connectivity index (χ0v) is 9.61. The van der Waals surface area contributed by atoms with Crippen molar-refractivity contribution in [2.45, 2.75) is 25.4 Å². The molecule has 3 heteroatoms. The van der Waals surface area contributed by atoms with E-state index in [2.05, 4.69) is 5.32 Å². The van der Waals surface area contributed by atoms with E-state index in [1.165, 1.54) is 5.56 Å². The highest BCUT2D eigenvalue weighted by molar-refractivity contribution is 5.26. The molecule has 16 heavy (non-hydrogen) atoms. The van der Waals surface area contributed by atoms with E-state index in [1.54, 1.807) is 12.1 Å². The fraction of sp³-hybridized carbons (Fsp3) is 0.538. The first-order valence-corrected chi connectivity index (χ1v) is 5.79. The Balaban J connectivity index is 2.05. The number of benzene rings is 1. The van der Waals surface area contributed by atoms with Crippen molar-refractivity contribution in [1.82, 2.24) is 5.32 Å². The number of aromatic hydroxyl groups is 1. The molecule has 0 amide bonds. The van der Waals surface area contributed by atoms with Crippen LogP contribution < -0.4 is 5.32 Å². The van der Waals surface area contributed by atoms with E-state index in [9.17, 15) is 10.2 Å². The fourth-order valence-electron chi connectivity index (χ4n) is 2.31. The standard InChI is InChI=1S/C13H19NO2/c1-13(16)9-14-7-6-11(13)8-10-2-4-12(15)5-3-10/h2-5,11,14-16H,6-9H2,1H3. The van der Waals surface area contributed by atoms with Gasteiger partial charge in [-0.3, -0.25) is 0 Å². The van der Waals surface area contributed by atoms with Gasteiger partial charge in [-0.2, -0.15) is 0 Å². The molecule has 3 N–H and O–H groups in total. The van der Waals surface area contributed by atoms with Gasteiger partial charge in [-0.1, -0.05) is 12.1 Å². The van der Waals surface area contributed by atoms with E-state index >= 15 is 0 Å². The number of hydrogen-bond acceptors (Lipinski definition) is 3. The van der Waals surface area contributed by atoms with Crippen molar-refractivity contribution < 1.29 is 10.2 Å². The van der Waals surface area contributed by atoms with Crippen molar-refractivity contribution in [3.05, 3.63) is 29.8 Å². The van der Waals surface area contributed by atoms with Crippen LogP contribution in [0.15, 0.2) is 24.3 Å². The van der Waals surface area contributed by atoms with Crippen LogP contribution in [0.5, 0.6) is 5.75 Å². The lowest BCUT2D eigenvalue weighted by molar-refractivity contribution is -0.0192. The molecule has 3 nitrogen and oxygen atoms in total. The molecule has 0 aromatic heterocycles. The number of rotatable bonds is 2. The summed E-state index contributed by atoms with van der Waals surface area (Å²) in [7, 11) is 0. The van der Waals surface area contributed by atoms with Crippen LogP contribution in [0.1, 0.15) is 18.9 Å². The summed E-state index contributed by atoms with van der Waals surface area (Å²) in [5, 5.41) is 22.7. The molecule has 88 valence electrons. The Morgan fingerprint density at radius 1 is 1.38 bits per heavy atom. The summed E-state index contributed by atoms with van der Waals surface area (Å²) < 4.78 is 0. The molecule has 0 radical (unpaired) electrons. The fourth-order valence-corrected chi connectivity index (χ4v) is 2.31. The Kier molecular flexibility index (Phi) is 3.17. The van der Waals surface area contributed by atoms with Gasteiger partial charge in [0.1, 0.15) is 5.75 Å². The van der Waals surface area contributed by atoms with Gasteiger partial charge in [0, 0.05) is 6.54 Å².